The van der Waals surface area contributed by atoms with Gasteiger partial charge >= 0.3 is 6.18 Å². The number of amides is 1. The molecule has 1 unspecified atom stereocenters. The van der Waals surface area contributed by atoms with Gasteiger partial charge in [-0.05, 0) is 44.0 Å². The summed E-state index contributed by atoms with van der Waals surface area (Å²) < 4.78 is 39.9. The molecule has 156 valence electrons. The molecule has 3 aromatic rings. The minimum absolute atomic E-state index is 0.0530. The molecule has 1 amide bonds. The number of hydrogen-bond acceptors (Lipinski definition) is 4. The van der Waals surface area contributed by atoms with Gasteiger partial charge in [0.2, 0.25) is 5.91 Å². The fourth-order valence-electron chi connectivity index (χ4n) is 2.99. The fourth-order valence-corrected chi connectivity index (χ4v) is 4.11. The zero-order valence-electron chi connectivity index (χ0n) is 15.8. The number of halogens is 4. The summed E-state index contributed by atoms with van der Waals surface area (Å²) >= 11 is 6.90. The first-order valence-corrected chi connectivity index (χ1v) is 10.6. The predicted molar refractivity (Wildman–Crippen MR) is 112 cm³/mol. The first-order chi connectivity index (χ1) is 14.2. The van der Waals surface area contributed by atoms with Gasteiger partial charge in [0.05, 0.1) is 22.0 Å². The Morgan fingerprint density at radius 1 is 1.20 bits per heavy atom. The smallest absolute Gasteiger partial charge is 0.325 e. The van der Waals surface area contributed by atoms with Crippen molar-refractivity contribution < 1.29 is 18.0 Å². The Bertz CT molecular complexity index is 1120. The first kappa shape index (κ1) is 20.9. The molecule has 1 saturated carbocycles. The maximum absolute atomic E-state index is 13.3. The summed E-state index contributed by atoms with van der Waals surface area (Å²) in [6, 6.07) is 10.8. The maximum Gasteiger partial charge on any atom is 0.418 e. The first-order valence-electron chi connectivity index (χ1n) is 9.33. The number of nitrogens with one attached hydrogen (secondary N) is 1. The average molecular weight is 452 g/mol. The van der Waals surface area contributed by atoms with E-state index in [1.807, 2.05) is 24.3 Å². The van der Waals surface area contributed by atoms with Gasteiger partial charge in [0.25, 0.3) is 0 Å². The van der Waals surface area contributed by atoms with Gasteiger partial charge in [-0.25, -0.2) is 9.97 Å². The van der Waals surface area contributed by atoms with Crippen LogP contribution in [0.5, 0.6) is 0 Å². The molecule has 1 heterocycles. The lowest BCUT2D eigenvalue weighted by molar-refractivity contribution is -0.137. The van der Waals surface area contributed by atoms with Crippen molar-refractivity contribution in [3.8, 4) is 0 Å². The monoisotopic (exact) mass is 451 g/mol. The number of aromatic nitrogens is 2. The minimum atomic E-state index is -4.63. The number of hydrogen-bond donors (Lipinski definition) is 1. The molecule has 0 spiro atoms. The van der Waals surface area contributed by atoms with Crippen LogP contribution in [0, 0.1) is 0 Å². The van der Waals surface area contributed by atoms with E-state index < -0.39 is 22.9 Å². The van der Waals surface area contributed by atoms with Gasteiger partial charge in [0.15, 0.2) is 0 Å². The number of benzene rings is 2. The van der Waals surface area contributed by atoms with Gasteiger partial charge in [-0.1, -0.05) is 41.6 Å². The Hall–Kier alpha value is -2.32. The van der Waals surface area contributed by atoms with E-state index in [1.54, 1.807) is 6.92 Å². The third kappa shape index (κ3) is 4.54. The number of alkyl halides is 3. The summed E-state index contributed by atoms with van der Waals surface area (Å²) in [6.45, 7) is 1.64. The largest absolute Gasteiger partial charge is 0.418 e. The molecule has 0 radical (unpaired) electrons. The Balaban J connectivity index is 1.58. The van der Waals surface area contributed by atoms with E-state index in [1.165, 1.54) is 17.8 Å². The summed E-state index contributed by atoms with van der Waals surface area (Å²) in [6.07, 6.45) is -2.56. The van der Waals surface area contributed by atoms with Crippen LogP contribution in [0.1, 0.15) is 37.1 Å². The van der Waals surface area contributed by atoms with Gasteiger partial charge < -0.3 is 5.32 Å². The zero-order chi connectivity index (χ0) is 21.5. The SMILES string of the molecule is CC(Sc1nc(C2CC2)nc2ccccc12)C(=O)Nc1ccc(Cl)cc1C(F)(F)F. The standard InChI is InChI=1S/C21H17ClF3N3OS/c1-11(19(29)27-17-9-8-13(22)10-15(17)21(23,24)25)30-20-14-4-2-3-5-16(14)26-18(28-20)12-6-7-12/h2-5,8-12H,6-7H2,1H3,(H,27,29). The van der Waals surface area contributed by atoms with E-state index in [4.69, 9.17) is 11.6 Å². The predicted octanol–water partition coefficient (Wildman–Crippen LogP) is 6.30. The number of carbonyl (C=O) groups excluding carboxylic acids is 1. The molecule has 0 bridgehead atoms. The molecule has 0 aliphatic heterocycles. The van der Waals surface area contributed by atoms with Crippen molar-refractivity contribution in [3.05, 3.63) is 58.9 Å². The Labute approximate surface area is 180 Å². The highest BCUT2D eigenvalue weighted by molar-refractivity contribution is 8.00. The summed E-state index contributed by atoms with van der Waals surface area (Å²) in [5.74, 6) is 0.533. The molecule has 1 N–H and O–H groups in total. The van der Waals surface area contributed by atoms with Crippen molar-refractivity contribution in [1.29, 1.82) is 0 Å². The summed E-state index contributed by atoms with van der Waals surface area (Å²) in [4.78, 5) is 21.9. The highest BCUT2D eigenvalue weighted by atomic mass is 35.5. The summed E-state index contributed by atoms with van der Waals surface area (Å²) in [5.41, 5.74) is -0.513. The van der Waals surface area contributed by atoms with Gasteiger partial charge in [0, 0.05) is 16.3 Å². The van der Waals surface area contributed by atoms with Crippen molar-refractivity contribution in [2.75, 3.05) is 5.32 Å². The molecule has 9 heteroatoms. The third-order valence-electron chi connectivity index (χ3n) is 4.73. The molecule has 1 atom stereocenters. The Kier molecular flexibility index (Phi) is 5.63. The van der Waals surface area contributed by atoms with E-state index in [0.29, 0.717) is 10.9 Å². The molecule has 4 rings (SSSR count). The highest BCUT2D eigenvalue weighted by Crippen LogP contribution is 2.41. The van der Waals surface area contributed by atoms with Gasteiger partial charge in [-0.2, -0.15) is 13.2 Å². The van der Waals surface area contributed by atoms with Crippen LogP contribution in [-0.4, -0.2) is 21.1 Å². The second kappa shape index (κ2) is 8.07. The lowest BCUT2D eigenvalue weighted by Crippen LogP contribution is -2.24. The van der Waals surface area contributed by atoms with E-state index >= 15 is 0 Å². The number of anilines is 1. The summed E-state index contributed by atoms with van der Waals surface area (Å²) in [7, 11) is 0. The Morgan fingerprint density at radius 2 is 1.93 bits per heavy atom. The summed E-state index contributed by atoms with van der Waals surface area (Å²) in [5, 5.41) is 3.12. The van der Waals surface area contributed by atoms with Gasteiger partial charge in [0.1, 0.15) is 10.9 Å². The van der Waals surface area contributed by atoms with Crippen molar-refractivity contribution >= 4 is 45.9 Å². The van der Waals surface area contributed by atoms with E-state index in [-0.39, 0.29) is 10.7 Å². The Morgan fingerprint density at radius 3 is 2.63 bits per heavy atom. The molecule has 1 aliphatic carbocycles. The van der Waals surface area contributed by atoms with Crippen LogP contribution in [0.25, 0.3) is 10.9 Å². The third-order valence-corrected chi connectivity index (χ3v) is 6.07. The normalized spacial score (nSPS) is 15.2. The van der Waals surface area contributed by atoms with Crippen molar-refractivity contribution in [1.82, 2.24) is 9.97 Å². The highest BCUT2D eigenvalue weighted by Gasteiger charge is 2.35. The van der Waals surface area contributed by atoms with Crippen LogP contribution in [-0.2, 0) is 11.0 Å². The molecule has 30 heavy (non-hydrogen) atoms. The molecule has 1 aromatic heterocycles. The van der Waals surface area contributed by atoms with Crippen molar-refractivity contribution in [2.45, 2.75) is 42.1 Å². The lowest BCUT2D eigenvalue weighted by Gasteiger charge is -2.17. The number of rotatable bonds is 5. The van der Waals surface area contributed by atoms with Crippen LogP contribution in [0.2, 0.25) is 5.02 Å². The number of carbonyl (C=O) groups is 1. The zero-order valence-corrected chi connectivity index (χ0v) is 17.4. The van der Waals surface area contributed by atoms with E-state index in [9.17, 15) is 18.0 Å². The van der Waals surface area contributed by atoms with Crippen LogP contribution in [0.4, 0.5) is 18.9 Å². The van der Waals surface area contributed by atoms with Crippen LogP contribution in [0.3, 0.4) is 0 Å². The van der Waals surface area contributed by atoms with Crippen molar-refractivity contribution in [3.63, 3.8) is 0 Å². The molecular weight excluding hydrogens is 435 g/mol. The molecule has 1 fully saturated rings. The second-order valence-electron chi connectivity index (χ2n) is 7.12. The lowest BCUT2D eigenvalue weighted by atomic mass is 10.1. The molecular formula is C21H17ClF3N3OS. The second-order valence-corrected chi connectivity index (χ2v) is 8.88. The van der Waals surface area contributed by atoms with E-state index in [0.717, 1.165) is 41.7 Å². The van der Waals surface area contributed by atoms with E-state index in [2.05, 4.69) is 15.3 Å². The van der Waals surface area contributed by atoms with Gasteiger partial charge in [-0.15, -0.1) is 0 Å². The molecule has 2 aromatic carbocycles. The molecule has 1 aliphatic rings. The van der Waals surface area contributed by atoms with Crippen molar-refractivity contribution in [2.24, 2.45) is 0 Å². The quantitative estimate of drug-likeness (QED) is 0.365. The number of thioether (sulfide) groups is 1. The maximum atomic E-state index is 13.3. The molecule has 4 nitrogen and oxygen atoms in total. The number of nitrogens with zero attached hydrogens (tertiary/aromatic N) is 2. The number of para-hydroxylation sites is 1. The average Bonchev–Trinajstić information content (AvgIpc) is 3.53. The topological polar surface area (TPSA) is 54.9 Å². The fraction of sp³-hybridized carbons (Fsp3) is 0.286. The van der Waals surface area contributed by atoms with Crippen LogP contribution < -0.4 is 5.32 Å². The molecule has 0 saturated heterocycles. The van der Waals surface area contributed by atoms with Crippen LogP contribution in [0.15, 0.2) is 47.5 Å². The number of fused-ring (bicyclic) bond motifs is 1. The minimum Gasteiger partial charge on any atom is -0.325 e. The van der Waals surface area contributed by atoms with Crippen LogP contribution >= 0.6 is 23.4 Å². The van der Waals surface area contributed by atoms with Gasteiger partial charge in [-0.3, -0.25) is 4.79 Å².